The normalized spacial score (nSPS) is 11.6. The van der Waals surface area contributed by atoms with E-state index in [1.54, 1.807) is 18.3 Å². The van der Waals surface area contributed by atoms with Crippen LogP contribution < -0.4 is 0 Å². The fourth-order valence-electron chi connectivity index (χ4n) is 3.11. The molecule has 5 aromatic rings. The fourth-order valence-corrected chi connectivity index (χ4v) is 3.80. The van der Waals surface area contributed by atoms with Gasteiger partial charge < -0.3 is 8.83 Å². The van der Waals surface area contributed by atoms with E-state index in [2.05, 4.69) is 25.9 Å². The number of aromatic nitrogens is 1. The molecule has 7 heteroatoms. The van der Waals surface area contributed by atoms with Crippen molar-refractivity contribution in [2.75, 3.05) is 0 Å². The molecule has 0 unspecified atom stereocenters. The van der Waals surface area contributed by atoms with Gasteiger partial charge in [-0.2, -0.15) is 0 Å². The molecule has 0 saturated heterocycles. The van der Waals surface area contributed by atoms with Crippen molar-refractivity contribution >= 4 is 62.1 Å². The molecule has 0 amide bonds. The summed E-state index contributed by atoms with van der Waals surface area (Å²) in [6, 6.07) is 22.5. The predicted molar refractivity (Wildman–Crippen MR) is 129 cm³/mol. The number of furan rings is 1. The first-order chi connectivity index (χ1) is 15.0. The number of halogens is 3. The highest BCUT2D eigenvalue weighted by Gasteiger charge is 2.10. The Labute approximate surface area is 196 Å². The Kier molecular flexibility index (Phi) is 5.40. The van der Waals surface area contributed by atoms with Crippen LogP contribution in [0.3, 0.4) is 0 Å². The van der Waals surface area contributed by atoms with Gasteiger partial charge in [-0.15, -0.1) is 0 Å². The molecule has 4 nitrogen and oxygen atoms in total. The van der Waals surface area contributed by atoms with Crippen molar-refractivity contribution in [1.82, 2.24) is 4.98 Å². The van der Waals surface area contributed by atoms with Crippen LogP contribution in [0, 0.1) is 0 Å². The maximum Gasteiger partial charge on any atom is 0.227 e. The molecule has 0 aliphatic rings. The van der Waals surface area contributed by atoms with Crippen LogP contribution in [0.4, 0.5) is 5.69 Å². The van der Waals surface area contributed by atoms with Gasteiger partial charge in [-0.25, -0.2) is 4.98 Å². The molecule has 2 heterocycles. The zero-order valence-corrected chi connectivity index (χ0v) is 18.9. The van der Waals surface area contributed by atoms with Gasteiger partial charge in [0.1, 0.15) is 17.0 Å². The molecule has 152 valence electrons. The van der Waals surface area contributed by atoms with Crippen LogP contribution in [-0.4, -0.2) is 11.2 Å². The number of hydrogen-bond acceptors (Lipinski definition) is 4. The second kappa shape index (κ2) is 8.35. The van der Waals surface area contributed by atoms with Gasteiger partial charge in [0.15, 0.2) is 5.58 Å². The molecule has 0 atom stereocenters. The third kappa shape index (κ3) is 4.30. The molecule has 0 radical (unpaired) electrons. The summed E-state index contributed by atoms with van der Waals surface area (Å²) in [7, 11) is 0. The number of benzene rings is 3. The molecule has 2 aromatic heterocycles. The summed E-state index contributed by atoms with van der Waals surface area (Å²) < 4.78 is 12.7. The van der Waals surface area contributed by atoms with Gasteiger partial charge in [-0.3, -0.25) is 4.99 Å². The van der Waals surface area contributed by atoms with Crippen LogP contribution >= 0.6 is 39.1 Å². The summed E-state index contributed by atoms with van der Waals surface area (Å²) in [5, 5.41) is 0.985. The molecule has 3 aromatic carbocycles. The lowest BCUT2D eigenvalue weighted by molar-refractivity contribution is 0.575. The number of aliphatic imine (C=N–C) groups is 1. The molecule has 0 spiro atoms. The smallest absolute Gasteiger partial charge is 0.227 e. The van der Waals surface area contributed by atoms with Crippen molar-refractivity contribution in [3.8, 4) is 22.8 Å². The van der Waals surface area contributed by atoms with Gasteiger partial charge in [0.2, 0.25) is 5.89 Å². The first-order valence-electron chi connectivity index (χ1n) is 9.31. The van der Waals surface area contributed by atoms with Crippen molar-refractivity contribution in [1.29, 1.82) is 0 Å². The quantitative estimate of drug-likeness (QED) is 0.227. The minimum absolute atomic E-state index is 0.480. The Balaban J connectivity index is 1.39. The van der Waals surface area contributed by atoms with Crippen molar-refractivity contribution in [3.05, 3.63) is 93.1 Å². The van der Waals surface area contributed by atoms with Crippen LogP contribution in [0.5, 0.6) is 0 Å². The van der Waals surface area contributed by atoms with Crippen LogP contribution in [0.15, 0.2) is 91.1 Å². The number of hydrogen-bond donors (Lipinski definition) is 0. The second-order valence-corrected chi connectivity index (χ2v) is 8.50. The van der Waals surface area contributed by atoms with Gasteiger partial charge in [-0.05, 0) is 66.7 Å². The number of nitrogens with zero attached hydrogens (tertiary/aromatic N) is 2. The summed E-state index contributed by atoms with van der Waals surface area (Å²) in [6.07, 6.45) is 1.66. The molecule has 0 bridgehead atoms. The highest BCUT2D eigenvalue weighted by molar-refractivity contribution is 9.10. The molecule has 0 aliphatic heterocycles. The Morgan fingerprint density at radius 1 is 0.839 bits per heavy atom. The zero-order valence-electron chi connectivity index (χ0n) is 15.9. The summed E-state index contributed by atoms with van der Waals surface area (Å²) in [6.45, 7) is 0. The van der Waals surface area contributed by atoms with Gasteiger partial charge in [-0.1, -0.05) is 45.2 Å². The molecule has 31 heavy (non-hydrogen) atoms. The largest absolute Gasteiger partial charge is 0.455 e. The van der Waals surface area contributed by atoms with E-state index in [0.29, 0.717) is 33.0 Å². The Morgan fingerprint density at radius 3 is 2.58 bits per heavy atom. The van der Waals surface area contributed by atoms with Crippen molar-refractivity contribution in [2.45, 2.75) is 0 Å². The first kappa shape index (κ1) is 20.1. The van der Waals surface area contributed by atoms with E-state index < -0.39 is 0 Å². The summed E-state index contributed by atoms with van der Waals surface area (Å²) in [4.78, 5) is 9.10. The molecule has 0 aliphatic carbocycles. The Morgan fingerprint density at radius 2 is 1.74 bits per heavy atom. The van der Waals surface area contributed by atoms with Crippen LogP contribution in [0.1, 0.15) is 5.76 Å². The van der Waals surface area contributed by atoms with E-state index in [-0.39, 0.29) is 0 Å². The first-order valence-corrected chi connectivity index (χ1v) is 10.9. The lowest BCUT2D eigenvalue weighted by Crippen LogP contribution is -1.77. The molecule has 0 N–H and O–H groups in total. The third-order valence-electron chi connectivity index (χ3n) is 4.61. The molecule has 0 saturated carbocycles. The van der Waals surface area contributed by atoms with Crippen LogP contribution in [0.25, 0.3) is 33.9 Å². The lowest BCUT2D eigenvalue weighted by Gasteiger charge is -1.99. The predicted octanol–water partition coefficient (Wildman–Crippen LogP) is 8.57. The van der Waals surface area contributed by atoms with E-state index in [0.717, 1.165) is 26.8 Å². The molecular weight excluding hydrogens is 499 g/mol. The topological polar surface area (TPSA) is 51.5 Å². The Hall–Kier alpha value is -2.86. The standard InChI is InChI=1S/C24H13BrCl2N2O2/c25-16-3-1-2-15(10-16)24-29-21-12-17(5-8-23(21)31-24)28-13-18-6-9-22(30-18)14-4-7-19(26)20(27)11-14/h1-13H. The minimum atomic E-state index is 0.480. The van der Waals surface area contributed by atoms with E-state index in [9.17, 15) is 0 Å². The summed E-state index contributed by atoms with van der Waals surface area (Å²) >= 11 is 15.5. The number of rotatable bonds is 4. The highest BCUT2D eigenvalue weighted by atomic mass is 79.9. The van der Waals surface area contributed by atoms with Gasteiger partial charge in [0, 0.05) is 15.6 Å². The van der Waals surface area contributed by atoms with E-state index in [1.807, 2.05) is 60.7 Å². The van der Waals surface area contributed by atoms with E-state index in [4.69, 9.17) is 32.0 Å². The van der Waals surface area contributed by atoms with Crippen molar-refractivity contribution < 1.29 is 8.83 Å². The SMILES string of the molecule is Clc1ccc(-c2ccc(C=Nc3ccc4oc(-c5cccc(Br)c5)nc4c3)o2)cc1Cl. The Bertz CT molecular complexity index is 1440. The maximum atomic E-state index is 6.09. The lowest BCUT2D eigenvalue weighted by atomic mass is 10.2. The van der Waals surface area contributed by atoms with E-state index in [1.165, 1.54) is 0 Å². The van der Waals surface area contributed by atoms with Crippen LogP contribution in [0.2, 0.25) is 10.0 Å². The van der Waals surface area contributed by atoms with Gasteiger partial charge in [0.05, 0.1) is 21.9 Å². The minimum Gasteiger partial charge on any atom is -0.455 e. The van der Waals surface area contributed by atoms with Gasteiger partial charge >= 0.3 is 0 Å². The number of fused-ring (bicyclic) bond motifs is 1. The monoisotopic (exact) mass is 510 g/mol. The molecule has 0 fully saturated rings. The number of oxazole rings is 1. The summed E-state index contributed by atoms with van der Waals surface area (Å²) in [5.74, 6) is 1.87. The zero-order chi connectivity index (χ0) is 21.4. The van der Waals surface area contributed by atoms with Crippen molar-refractivity contribution in [3.63, 3.8) is 0 Å². The maximum absolute atomic E-state index is 6.09. The second-order valence-electron chi connectivity index (χ2n) is 6.77. The fraction of sp³-hybridized carbons (Fsp3) is 0. The average molecular weight is 512 g/mol. The van der Waals surface area contributed by atoms with Crippen molar-refractivity contribution in [2.24, 2.45) is 4.99 Å². The molecular formula is C24H13BrCl2N2O2. The summed E-state index contributed by atoms with van der Waals surface area (Å²) in [5.41, 5.74) is 3.93. The third-order valence-corrected chi connectivity index (χ3v) is 5.85. The van der Waals surface area contributed by atoms with E-state index >= 15 is 0 Å². The van der Waals surface area contributed by atoms with Gasteiger partial charge in [0.25, 0.3) is 0 Å². The molecule has 5 rings (SSSR count). The van der Waals surface area contributed by atoms with Crippen LogP contribution in [-0.2, 0) is 0 Å². The highest BCUT2D eigenvalue weighted by Crippen LogP contribution is 2.30. The average Bonchev–Trinajstić information content (AvgIpc) is 3.41.